The van der Waals surface area contributed by atoms with Crippen molar-refractivity contribution in [2.45, 2.75) is 14.9 Å². The maximum absolute atomic E-state index is 12.5. The summed E-state index contributed by atoms with van der Waals surface area (Å²) in [6, 6.07) is 21.7. The van der Waals surface area contributed by atoms with Gasteiger partial charge in [0.25, 0.3) is 0 Å². The summed E-state index contributed by atoms with van der Waals surface area (Å²) >= 11 is 4.40. The predicted molar refractivity (Wildman–Crippen MR) is 120 cm³/mol. The number of amides is 1. The highest BCUT2D eigenvalue weighted by atomic mass is 32.2. The summed E-state index contributed by atoms with van der Waals surface area (Å²) < 4.78 is 1.42. The van der Waals surface area contributed by atoms with Crippen LogP contribution < -0.4 is 11.2 Å². The van der Waals surface area contributed by atoms with Crippen LogP contribution in [0.25, 0.3) is 10.7 Å². The number of rotatable bonds is 7. The van der Waals surface area contributed by atoms with Gasteiger partial charge in [-0.1, -0.05) is 59.9 Å². The molecule has 2 heterocycles. The fourth-order valence-corrected chi connectivity index (χ4v) is 4.82. The van der Waals surface area contributed by atoms with E-state index in [4.69, 9.17) is 5.84 Å². The normalized spacial score (nSPS) is 10.8. The number of aromatic nitrogens is 3. The van der Waals surface area contributed by atoms with Gasteiger partial charge in [-0.05, 0) is 35.7 Å². The Bertz CT molecular complexity index is 1100. The number of carbonyl (C=O) groups is 1. The minimum atomic E-state index is -0.128. The van der Waals surface area contributed by atoms with E-state index in [1.165, 1.54) is 27.8 Å². The predicted octanol–water partition coefficient (Wildman–Crippen LogP) is 4.60. The van der Waals surface area contributed by atoms with Crippen molar-refractivity contribution in [3.8, 4) is 10.7 Å². The second-order valence-electron chi connectivity index (χ2n) is 5.90. The Morgan fingerprint density at radius 2 is 1.83 bits per heavy atom. The van der Waals surface area contributed by atoms with Gasteiger partial charge in [0, 0.05) is 9.79 Å². The van der Waals surface area contributed by atoms with Gasteiger partial charge in [0.05, 0.1) is 16.3 Å². The van der Waals surface area contributed by atoms with Gasteiger partial charge in [0.15, 0.2) is 5.82 Å². The molecule has 0 aliphatic rings. The zero-order valence-electron chi connectivity index (χ0n) is 15.2. The molecule has 0 bridgehead atoms. The van der Waals surface area contributed by atoms with E-state index in [1.54, 1.807) is 11.8 Å². The molecule has 3 N–H and O–H groups in total. The SMILES string of the molecule is Nn1c(SCC(=O)Nc2ccccc2Sc2ccccc2)nnc1-c1cccs1. The molecular formula is C20H17N5OS3. The molecule has 0 spiro atoms. The van der Waals surface area contributed by atoms with E-state index in [-0.39, 0.29) is 11.7 Å². The summed E-state index contributed by atoms with van der Waals surface area (Å²) in [7, 11) is 0. The number of nitrogens with zero attached hydrogens (tertiary/aromatic N) is 3. The number of nitrogens with two attached hydrogens (primary N) is 1. The average Bonchev–Trinajstić information content (AvgIpc) is 3.38. The molecule has 0 atom stereocenters. The lowest BCUT2D eigenvalue weighted by Crippen LogP contribution is -2.16. The van der Waals surface area contributed by atoms with Crippen LogP contribution in [0, 0.1) is 0 Å². The third-order valence-electron chi connectivity index (χ3n) is 3.87. The van der Waals surface area contributed by atoms with Crippen molar-refractivity contribution < 1.29 is 4.79 Å². The van der Waals surface area contributed by atoms with Gasteiger partial charge in [-0.2, -0.15) is 0 Å². The molecule has 0 aliphatic carbocycles. The quantitative estimate of drug-likeness (QED) is 0.323. The second-order valence-corrected chi connectivity index (χ2v) is 8.91. The van der Waals surface area contributed by atoms with Gasteiger partial charge >= 0.3 is 0 Å². The van der Waals surface area contributed by atoms with Gasteiger partial charge in [0.1, 0.15) is 0 Å². The van der Waals surface area contributed by atoms with Crippen molar-refractivity contribution in [2.75, 3.05) is 16.9 Å². The highest BCUT2D eigenvalue weighted by Gasteiger charge is 2.15. The van der Waals surface area contributed by atoms with E-state index < -0.39 is 0 Å². The molecule has 146 valence electrons. The minimum Gasteiger partial charge on any atom is -0.335 e. The monoisotopic (exact) mass is 439 g/mol. The second kappa shape index (κ2) is 9.17. The molecule has 0 radical (unpaired) electrons. The minimum absolute atomic E-state index is 0.128. The number of benzene rings is 2. The lowest BCUT2D eigenvalue weighted by molar-refractivity contribution is -0.113. The standard InChI is InChI=1S/C20H17N5OS3/c21-25-19(17-11-6-12-27-17)23-24-20(25)28-13-18(26)22-15-9-4-5-10-16(15)29-14-7-2-1-3-8-14/h1-12H,13,21H2,(H,22,26). The third kappa shape index (κ3) is 4.81. The van der Waals surface area contributed by atoms with E-state index in [9.17, 15) is 4.79 Å². The van der Waals surface area contributed by atoms with Crippen LogP contribution in [0.15, 0.2) is 87.1 Å². The highest BCUT2D eigenvalue weighted by Crippen LogP contribution is 2.33. The van der Waals surface area contributed by atoms with Crippen molar-refractivity contribution in [2.24, 2.45) is 0 Å². The summed E-state index contributed by atoms with van der Waals surface area (Å²) in [5, 5.41) is 13.6. The van der Waals surface area contributed by atoms with Gasteiger partial charge in [-0.3, -0.25) is 4.79 Å². The smallest absolute Gasteiger partial charge is 0.234 e. The van der Waals surface area contributed by atoms with E-state index in [2.05, 4.69) is 15.5 Å². The topological polar surface area (TPSA) is 85.8 Å². The molecule has 0 fully saturated rings. The number of carbonyl (C=O) groups excluding carboxylic acids is 1. The summed E-state index contributed by atoms with van der Waals surface area (Å²) in [5.41, 5.74) is 0.778. The van der Waals surface area contributed by atoms with E-state index in [0.717, 1.165) is 20.4 Å². The van der Waals surface area contributed by atoms with Crippen LogP contribution in [0.5, 0.6) is 0 Å². The molecule has 0 unspecified atom stereocenters. The first kappa shape index (κ1) is 19.6. The fraction of sp³-hybridized carbons (Fsp3) is 0.0500. The summed E-state index contributed by atoms with van der Waals surface area (Å²) in [6.07, 6.45) is 0. The lowest BCUT2D eigenvalue weighted by Gasteiger charge is -2.10. The van der Waals surface area contributed by atoms with Crippen molar-refractivity contribution >= 4 is 46.5 Å². The van der Waals surface area contributed by atoms with Crippen LogP contribution in [0.3, 0.4) is 0 Å². The number of hydrogen-bond acceptors (Lipinski definition) is 7. The Balaban J connectivity index is 1.40. The van der Waals surface area contributed by atoms with Crippen LogP contribution >= 0.6 is 34.9 Å². The summed E-state index contributed by atoms with van der Waals surface area (Å²) in [6.45, 7) is 0. The van der Waals surface area contributed by atoms with E-state index >= 15 is 0 Å². The molecule has 2 aromatic heterocycles. The first-order chi connectivity index (χ1) is 14.2. The number of nitrogens with one attached hydrogen (secondary N) is 1. The zero-order valence-corrected chi connectivity index (χ0v) is 17.6. The molecule has 2 aromatic carbocycles. The molecule has 0 saturated heterocycles. The zero-order chi connectivity index (χ0) is 20.1. The van der Waals surface area contributed by atoms with Gasteiger partial charge in [0.2, 0.25) is 11.1 Å². The van der Waals surface area contributed by atoms with E-state index in [1.807, 2.05) is 72.1 Å². The Morgan fingerprint density at radius 3 is 2.62 bits per heavy atom. The molecule has 29 heavy (non-hydrogen) atoms. The average molecular weight is 440 g/mol. The Kier molecular flexibility index (Phi) is 6.18. The van der Waals surface area contributed by atoms with E-state index in [0.29, 0.717) is 11.0 Å². The van der Waals surface area contributed by atoms with Crippen LogP contribution in [0.2, 0.25) is 0 Å². The molecular weight excluding hydrogens is 422 g/mol. The van der Waals surface area contributed by atoms with Gasteiger partial charge < -0.3 is 11.2 Å². The maximum Gasteiger partial charge on any atom is 0.234 e. The molecule has 4 rings (SSSR count). The Hall–Kier alpha value is -2.75. The summed E-state index contributed by atoms with van der Waals surface area (Å²) in [4.78, 5) is 15.5. The van der Waals surface area contributed by atoms with Crippen LogP contribution in [-0.4, -0.2) is 26.5 Å². The largest absolute Gasteiger partial charge is 0.335 e. The summed E-state index contributed by atoms with van der Waals surface area (Å²) in [5.74, 6) is 6.73. The molecule has 0 aliphatic heterocycles. The van der Waals surface area contributed by atoms with Crippen molar-refractivity contribution in [1.29, 1.82) is 0 Å². The number of thioether (sulfide) groups is 1. The first-order valence-electron chi connectivity index (χ1n) is 8.69. The van der Waals surface area contributed by atoms with Crippen molar-refractivity contribution in [1.82, 2.24) is 14.9 Å². The maximum atomic E-state index is 12.5. The number of anilines is 1. The van der Waals surface area contributed by atoms with Crippen LogP contribution in [0.4, 0.5) is 5.69 Å². The fourth-order valence-electron chi connectivity index (χ4n) is 2.54. The van der Waals surface area contributed by atoms with Gasteiger partial charge in [-0.15, -0.1) is 21.5 Å². The number of hydrogen-bond donors (Lipinski definition) is 2. The Labute approximate surface area is 180 Å². The lowest BCUT2D eigenvalue weighted by atomic mass is 10.3. The molecule has 4 aromatic rings. The molecule has 6 nitrogen and oxygen atoms in total. The van der Waals surface area contributed by atoms with Crippen molar-refractivity contribution in [3.63, 3.8) is 0 Å². The molecule has 9 heteroatoms. The van der Waals surface area contributed by atoms with Crippen LogP contribution in [-0.2, 0) is 4.79 Å². The first-order valence-corrected chi connectivity index (χ1v) is 11.4. The Morgan fingerprint density at radius 1 is 1.03 bits per heavy atom. The number of thiophene rings is 1. The van der Waals surface area contributed by atoms with Crippen LogP contribution in [0.1, 0.15) is 0 Å². The molecule has 0 saturated carbocycles. The molecule has 1 amide bonds. The van der Waals surface area contributed by atoms with Gasteiger partial charge in [-0.25, -0.2) is 4.68 Å². The number of nitrogen functional groups attached to an aromatic ring is 1. The van der Waals surface area contributed by atoms with Crippen molar-refractivity contribution in [3.05, 3.63) is 72.1 Å². The number of para-hydroxylation sites is 1. The highest BCUT2D eigenvalue weighted by molar-refractivity contribution is 8.00. The third-order valence-corrected chi connectivity index (χ3v) is 6.76.